The van der Waals surface area contributed by atoms with Crippen molar-refractivity contribution in [3.63, 3.8) is 0 Å². The molecule has 0 aliphatic carbocycles. The first-order chi connectivity index (χ1) is 12.4. The highest BCUT2D eigenvalue weighted by atomic mass is 35.5. The summed E-state index contributed by atoms with van der Waals surface area (Å²) in [5.74, 6) is -1.50. The molecule has 3 rings (SSSR count). The van der Waals surface area contributed by atoms with Crippen LogP contribution in [-0.4, -0.2) is 14.5 Å². The van der Waals surface area contributed by atoms with Crippen LogP contribution in [-0.2, 0) is 12.4 Å². The zero-order valence-corrected chi connectivity index (χ0v) is 13.4. The SMILES string of the molecule is O=c1nc(Cl)c2c(F)cc(C(F)(F)F)cc2n1-c1cccnc1C(F)(F)F. The Morgan fingerprint density at radius 2 is 1.70 bits per heavy atom. The van der Waals surface area contributed by atoms with Crippen molar-refractivity contribution in [2.75, 3.05) is 0 Å². The topological polar surface area (TPSA) is 47.8 Å². The second-order valence-corrected chi connectivity index (χ2v) is 5.60. The Hall–Kier alpha value is -2.69. The summed E-state index contributed by atoms with van der Waals surface area (Å²) >= 11 is 5.64. The summed E-state index contributed by atoms with van der Waals surface area (Å²) in [6.45, 7) is 0. The van der Waals surface area contributed by atoms with Gasteiger partial charge in [-0.05, 0) is 24.3 Å². The van der Waals surface area contributed by atoms with E-state index in [0.717, 1.165) is 18.3 Å². The molecule has 2 aromatic heterocycles. The number of nitrogens with zero attached hydrogens (tertiary/aromatic N) is 3. The molecule has 0 radical (unpaired) electrons. The van der Waals surface area contributed by atoms with E-state index in [1.807, 2.05) is 0 Å². The van der Waals surface area contributed by atoms with Gasteiger partial charge in [0, 0.05) is 6.20 Å². The van der Waals surface area contributed by atoms with Crippen LogP contribution in [0.1, 0.15) is 11.3 Å². The van der Waals surface area contributed by atoms with Crippen molar-refractivity contribution in [2.45, 2.75) is 12.4 Å². The molecule has 3 aromatic rings. The van der Waals surface area contributed by atoms with E-state index in [1.54, 1.807) is 0 Å². The molecular formula is C15H5ClF7N3O. The summed E-state index contributed by atoms with van der Waals surface area (Å²) in [5, 5.41) is -1.52. The molecule has 1 aromatic carbocycles. The van der Waals surface area contributed by atoms with Crippen molar-refractivity contribution < 1.29 is 30.7 Å². The lowest BCUT2D eigenvalue weighted by atomic mass is 10.1. The molecule has 0 aliphatic rings. The zero-order valence-electron chi connectivity index (χ0n) is 12.7. The molecule has 2 heterocycles. The maximum atomic E-state index is 14.2. The third-order valence-electron chi connectivity index (χ3n) is 3.52. The van der Waals surface area contributed by atoms with E-state index >= 15 is 0 Å². The predicted molar refractivity (Wildman–Crippen MR) is 80.1 cm³/mol. The molecule has 0 unspecified atom stereocenters. The predicted octanol–water partition coefficient (Wildman–Crippen LogP) is 4.61. The monoisotopic (exact) mass is 411 g/mol. The maximum Gasteiger partial charge on any atom is 0.435 e. The highest BCUT2D eigenvalue weighted by Crippen LogP contribution is 2.36. The minimum Gasteiger partial charge on any atom is -0.258 e. The molecule has 0 atom stereocenters. The number of hydrogen-bond acceptors (Lipinski definition) is 3. The smallest absolute Gasteiger partial charge is 0.258 e. The quantitative estimate of drug-likeness (QED) is 0.434. The summed E-state index contributed by atoms with van der Waals surface area (Å²) in [5.41, 5.74) is -6.24. The van der Waals surface area contributed by atoms with E-state index < -0.39 is 56.9 Å². The minimum absolute atomic E-state index is 0.110. The number of halogens is 8. The fraction of sp³-hybridized carbons (Fsp3) is 0.133. The van der Waals surface area contributed by atoms with E-state index in [1.165, 1.54) is 0 Å². The van der Waals surface area contributed by atoms with E-state index in [4.69, 9.17) is 11.6 Å². The molecule has 142 valence electrons. The molecule has 0 aliphatic heterocycles. The summed E-state index contributed by atoms with van der Waals surface area (Å²) < 4.78 is 93.1. The first-order valence-corrected chi connectivity index (χ1v) is 7.30. The van der Waals surface area contributed by atoms with Gasteiger partial charge >= 0.3 is 18.0 Å². The maximum absolute atomic E-state index is 14.2. The molecule has 0 bridgehead atoms. The Labute approximate surface area is 149 Å². The molecule has 0 amide bonds. The summed E-state index contributed by atoms with van der Waals surface area (Å²) in [6, 6.07) is 2.25. The molecule has 0 saturated carbocycles. The van der Waals surface area contributed by atoms with Gasteiger partial charge in [-0.15, -0.1) is 0 Å². The van der Waals surface area contributed by atoms with Gasteiger partial charge in [0.25, 0.3) is 0 Å². The fourth-order valence-corrected chi connectivity index (χ4v) is 2.72. The number of rotatable bonds is 1. The normalized spacial score (nSPS) is 12.6. The number of fused-ring (bicyclic) bond motifs is 1. The van der Waals surface area contributed by atoms with Crippen molar-refractivity contribution >= 4 is 22.5 Å². The van der Waals surface area contributed by atoms with Crippen LogP contribution in [0, 0.1) is 5.82 Å². The highest BCUT2D eigenvalue weighted by molar-refractivity contribution is 6.34. The van der Waals surface area contributed by atoms with Crippen LogP contribution in [0.25, 0.3) is 16.6 Å². The van der Waals surface area contributed by atoms with Gasteiger partial charge in [0.15, 0.2) is 5.69 Å². The fourth-order valence-electron chi connectivity index (χ4n) is 2.46. The van der Waals surface area contributed by atoms with Crippen molar-refractivity contribution in [3.05, 3.63) is 63.2 Å². The Bertz CT molecular complexity index is 1110. The lowest BCUT2D eigenvalue weighted by Crippen LogP contribution is -2.26. The summed E-state index contributed by atoms with van der Waals surface area (Å²) in [6.07, 6.45) is -9.28. The average molecular weight is 412 g/mol. The Balaban J connectivity index is 2.52. The molecule has 12 heteroatoms. The molecule has 0 fully saturated rings. The third kappa shape index (κ3) is 3.34. The molecular weight excluding hydrogens is 407 g/mol. The first kappa shape index (κ1) is 19.1. The van der Waals surface area contributed by atoms with Crippen molar-refractivity contribution in [3.8, 4) is 5.69 Å². The van der Waals surface area contributed by atoms with Gasteiger partial charge in [-0.1, -0.05) is 11.6 Å². The van der Waals surface area contributed by atoms with E-state index in [0.29, 0.717) is 6.07 Å². The minimum atomic E-state index is -5.04. The van der Waals surface area contributed by atoms with Gasteiger partial charge in [-0.25, -0.2) is 14.2 Å². The van der Waals surface area contributed by atoms with Crippen LogP contribution in [0.5, 0.6) is 0 Å². The molecule has 0 N–H and O–H groups in total. The Kier molecular flexibility index (Phi) is 4.37. The number of hydrogen-bond donors (Lipinski definition) is 0. The van der Waals surface area contributed by atoms with Crippen molar-refractivity contribution in [1.82, 2.24) is 14.5 Å². The van der Waals surface area contributed by atoms with Gasteiger partial charge in [0.05, 0.1) is 22.2 Å². The number of aromatic nitrogens is 3. The molecule has 27 heavy (non-hydrogen) atoms. The molecule has 0 saturated heterocycles. The van der Waals surface area contributed by atoms with E-state index in [-0.39, 0.29) is 10.6 Å². The van der Waals surface area contributed by atoms with Crippen molar-refractivity contribution in [2.24, 2.45) is 0 Å². The first-order valence-electron chi connectivity index (χ1n) is 6.93. The van der Waals surface area contributed by atoms with Crippen LogP contribution in [0.3, 0.4) is 0 Å². The van der Waals surface area contributed by atoms with Gasteiger partial charge in [0.2, 0.25) is 0 Å². The molecule has 4 nitrogen and oxygen atoms in total. The van der Waals surface area contributed by atoms with Crippen LogP contribution >= 0.6 is 11.6 Å². The zero-order chi connectivity index (χ0) is 20.1. The van der Waals surface area contributed by atoms with E-state index in [9.17, 15) is 35.5 Å². The molecule has 0 spiro atoms. The van der Waals surface area contributed by atoms with Gasteiger partial charge in [-0.3, -0.25) is 4.57 Å². The average Bonchev–Trinajstić information content (AvgIpc) is 2.52. The van der Waals surface area contributed by atoms with E-state index in [2.05, 4.69) is 9.97 Å². The van der Waals surface area contributed by atoms with Gasteiger partial charge in [-0.2, -0.15) is 31.3 Å². The highest BCUT2D eigenvalue weighted by Gasteiger charge is 2.37. The van der Waals surface area contributed by atoms with Gasteiger partial charge in [0.1, 0.15) is 11.0 Å². The largest absolute Gasteiger partial charge is 0.435 e. The lowest BCUT2D eigenvalue weighted by molar-refractivity contribution is -0.141. The Morgan fingerprint density at radius 1 is 1.04 bits per heavy atom. The third-order valence-corrected chi connectivity index (χ3v) is 3.80. The second-order valence-electron chi connectivity index (χ2n) is 5.24. The summed E-state index contributed by atoms with van der Waals surface area (Å²) in [7, 11) is 0. The van der Waals surface area contributed by atoms with Crippen LogP contribution < -0.4 is 5.69 Å². The number of pyridine rings is 1. The van der Waals surface area contributed by atoms with Gasteiger partial charge < -0.3 is 0 Å². The van der Waals surface area contributed by atoms with Crippen LogP contribution in [0.4, 0.5) is 30.7 Å². The Morgan fingerprint density at radius 3 is 2.30 bits per heavy atom. The van der Waals surface area contributed by atoms with Crippen molar-refractivity contribution in [1.29, 1.82) is 0 Å². The summed E-state index contributed by atoms with van der Waals surface area (Å²) in [4.78, 5) is 18.5. The standard InChI is InChI=1S/C15H5ClF7N3O/c16-12-10-7(17)4-6(14(18,19)20)5-9(10)26(13(27)25-12)8-2-1-3-24-11(8)15(21,22)23/h1-5H. The van der Waals surface area contributed by atoms with Crippen LogP contribution in [0.15, 0.2) is 35.3 Å². The second kappa shape index (κ2) is 6.19. The number of benzene rings is 1. The lowest BCUT2D eigenvalue weighted by Gasteiger charge is -2.17. The number of alkyl halides is 6. The van der Waals surface area contributed by atoms with Crippen LogP contribution in [0.2, 0.25) is 5.15 Å².